The highest BCUT2D eigenvalue weighted by molar-refractivity contribution is 5.87. The van der Waals surface area contributed by atoms with Gasteiger partial charge in [-0.15, -0.1) is 0 Å². The molecule has 5 aromatic carbocycles. The van der Waals surface area contributed by atoms with Crippen LogP contribution >= 0.6 is 0 Å². The van der Waals surface area contributed by atoms with Gasteiger partial charge in [0, 0.05) is 17.0 Å². The van der Waals surface area contributed by atoms with Crippen LogP contribution in [0.1, 0.15) is 53.1 Å². The predicted molar refractivity (Wildman–Crippen MR) is 225 cm³/mol. The summed E-state index contributed by atoms with van der Waals surface area (Å²) in [4.78, 5) is 13.4. The van der Waals surface area contributed by atoms with Crippen LogP contribution in [0.2, 0.25) is 0 Å². The number of hydrogen-bond donors (Lipinski definition) is 0. The molecule has 3 aromatic heterocycles. The highest BCUT2D eigenvalue weighted by atomic mass is 15.1. The minimum atomic E-state index is 0.954. The molecule has 0 bridgehead atoms. The predicted octanol–water partition coefficient (Wildman–Crippen LogP) is 12.5. The number of pyridine rings is 1. The van der Waals surface area contributed by atoms with Gasteiger partial charge in [-0.2, -0.15) is 10.2 Å². The van der Waals surface area contributed by atoms with Crippen LogP contribution in [-0.2, 0) is 0 Å². The number of hydrogen-bond acceptors (Lipinski definition) is 5. The Labute approximate surface area is 314 Å². The Morgan fingerprint density at radius 2 is 1.02 bits per heavy atom. The van der Waals surface area contributed by atoms with Gasteiger partial charge in [0.25, 0.3) is 0 Å². The van der Waals surface area contributed by atoms with Crippen LogP contribution in [-0.4, -0.2) is 25.1 Å². The molecule has 0 saturated carbocycles. The van der Waals surface area contributed by atoms with Crippen LogP contribution in [0, 0.1) is 41.5 Å². The Morgan fingerprint density at radius 1 is 0.453 bits per heavy atom. The summed E-state index contributed by atoms with van der Waals surface area (Å²) < 4.78 is 0. The minimum absolute atomic E-state index is 0.954. The summed E-state index contributed by atoms with van der Waals surface area (Å²) >= 11 is 0. The van der Waals surface area contributed by atoms with Crippen LogP contribution < -0.4 is 0 Å². The summed E-state index contributed by atoms with van der Waals surface area (Å²) in [7, 11) is 0. The van der Waals surface area contributed by atoms with Gasteiger partial charge in [-0.25, -0.2) is 9.97 Å². The van der Waals surface area contributed by atoms with E-state index in [0.717, 1.165) is 33.1 Å². The van der Waals surface area contributed by atoms with Gasteiger partial charge >= 0.3 is 0 Å². The summed E-state index contributed by atoms with van der Waals surface area (Å²) in [6, 6.07) is 38.7. The van der Waals surface area contributed by atoms with E-state index in [1.54, 1.807) is 6.20 Å². The molecule has 53 heavy (non-hydrogen) atoms. The second-order valence-corrected chi connectivity index (χ2v) is 13.3. The van der Waals surface area contributed by atoms with Crippen LogP contribution in [0.4, 0.5) is 0 Å². The maximum atomic E-state index is 4.61. The van der Waals surface area contributed by atoms with Crippen molar-refractivity contribution in [1.29, 1.82) is 0 Å². The fourth-order valence-corrected chi connectivity index (χ4v) is 5.83. The maximum Gasteiger partial charge on any atom is 0.0932 e. The number of aromatic nitrogens is 5. The molecule has 0 spiro atoms. The third kappa shape index (κ3) is 10.7. The van der Waals surface area contributed by atoms with Crippen molar-refractivity contribution in [3.05, 3.63) is 185 Å². The first-order chi connectivity index (χ1) is 25.7. The molecule has 3 heterocycles. The average molecular weight is 696 g/mol. The second-order valence-electron chi connectivity index (χ2n) is 13.3. The van der Waals surface area contributed by atoms with E-state index in [1.807, 2.05) is 79.0 Å². The van der Waals surface area contributed by atoms with Gasteiger partial charge in [0.15, 0.2) is 0 Å². The molecule has 0 radical (unpaired) electrons. The van der Waals surface area contributed by atoms with E-state index in [1.165, 1.54) is 62.6 Å². The fraction of sp³-hybridized carbons (Fsp3) is 0.188. The molecule has 0 N–H and O–H groups in total. The molecule has 0 fully saturated rings. The van der Waals surface area contributed by atoms with Gasteiger partial charge in [-0.3, -0.25) is 4.98 Å². The standard InChI is InChI=1S/C13H10N2.C10H9N.C9H8N2.C9H12.C7H10/c1-9-5-4-8-12-13(9)15-11-7-3-2-6-10(11)14-12;1-8-4-2-6-10-9(8)5-3-7-11-10;1-7-3-2-4-9-8(7)5-6-10-11-9;1-7-5-4-6-8(2)9(7)3;1-7-5-3-2-4-6-7/h2-8H,1H3;2-7H,1H3;2-6H,1H3;4-6H,1-3H3;2-3,5H,4,6H2,1H3. The number of benzene rings is 5. The zero-order valence-electron chi connectivity index (χ0n) is 32.0. The lowest BCUT2D eigenvalue weighted by Gasteiger charge is -2.02. The number of fused-ring (bicyclic) bond motifs is 4. The van der Waals surface area contributed by atoms with Crippen molar-refractivity contribution in [2.45, 2.75) is 61.3 Å². The van der Waals surface area contributed by atoms with Crippen molar-refractivity contribution in [2.75, 3.05) is 0 Å². The van der Waals surface area contributed by atoms with E-state index in [2.05, 4.69) is 134 Å². The molecular formula is C48H49N5. The highest BCUT2D eigenvalue weighted by Gasteiger charge is 2.02. The monoisotopic (exact) mass is 695 g/mol. The van der Waals surface area contributed by atoms with E-state index < -0.39 is 0 Å². The molecule has 5 heteroatoms. The molecule has 5 nitrogen and oxygen atoms in total. The third-order valence-electron chi connectivity index (χ3n) is 9.31. The minimum Gasteiger partial charge on any atom is -0.256 e. The van der Waals surface area contributed by atoms with Crippen molar-refractivity contribution in [3.8, 4) is 0 Å². The quantitative estimate of drug-likeness (QED) is 0.148. The normalized spacial score (nSPS) is 11.6. The summed E-state index contributed by atoms with van der Waals surface area (Å²) in [5, 5.41) is 10.2. The Bertz CT molecular complexity index is 2390. The second kappa shape index (κ2) is 19.0. The molecule has 8 aromatic rings. The maximum absolute atomic E-state index is 4.61. The first kappa shape index (κ1) is 38.2. The van der Waals surface area contributed by atoms with Crippen LogP contribution in [0.15, 0.2) is 151 Å². The zero-order valence-corrected chi connectivity index (χ0v) is 32.0. The molecule has 0 atom stereocenters. The number of aryl methyl sites for hydroxylation is 5. The Hall–Kier alpha value is -6.07. The van der Waals surface area contributed by atoms with Gasteiger partial charge in [-0.1, -0.05) is 96.6 Å². The smallest absolute Gasteiger partial charge is 0.0932 e. The summed E-state index contributed by atoms with van der Waals surface area (Å²) in [6.07, 6.45) is 12.5. The van der Waals surface area contributed by atoms with Gasteiger partial charge in [0.1, 0.15) is 0 Å². The van der Waals surface area contributed by atoms with Crippen molar-refractivity contribution in [1.82, 2.24) is 25.1 Å². The lowest BCUT2D eigenvalue weighted by molar-refractivity contribution is 0.962. The molecule has 0 amide bonds. The van der Waals surface area contributed by atoms with Gasteiger partial charge < -0.3 is 0 Å². The van der Waals surface area contributed by atoms with Crippen LogP contribution in [0.3, 0.4) is 0 Å². The highest BCUT2D eigenvalue weighted by Crippen LogP contribution is 2.19. The van der Waals surface area contributed by atoms with E-state index in [0.29, 0.717) is 0 Å². The van der Waals surface area contributed by atoms with E-state index in [-0.39, 0.29) is 0 Å². The molecule has 1 aliphatic rings. The molecule has 266 valence electrons. The molecule has 0 saturated heterocycles. The number of nitrogens with zero attached hydrogens (tertiary/aromatic N) is 5. The fourth-order valence-electron chi connectivity index (χ4n) is 5.83. The SMILES string of the molecule is CC1=CC=CCC1.Cc1cccc(C)c1C.Cc1cccc2nc3ccccc3nc12.Cc1cccc2ncccc12.Cc1cccc2nnccc12. The summed E-state index contributed by atoms with van der Waals surface area (Å²) in [5.41, 5.74) is 15.3. The lowest BCUT2D eigenvalue weighted by atomic mass is 10.1. The first-order valence-electron chi connectivity index (χ1n) is 18.2. The van der Waals surface area contributed by atoms with Crippen molar-refractivity contribution >= 4 is 43.9 Å². The largest absolute Gasteiger partial charge is 0.256 e. The van der Waals surface area contributed by atoms with Crippen molar-refractivity contribution in [2.24, 2.45) is 0 Å². The molecule has 1 aliphatic carbocycles. The van der Waals surface area contributed by atoms with Gasteiger partial charge in [-0.05, 0) is 137 Å². The molecule has 9 rings (SSSR count). The Kier molecular flexibility index (Phi) is 13.7. The zero-order chi connectivity index (χ0) is 37.6. The van der Waals surface area contributed by atoms with Crippen LogP contribution in [0.5, 0.6) is 0 Å². The summed E-state index contributed by atoms with van der Waals surface area (Å²) in [6.45, 7) is 14.8. The Balaban J connectivity index is 0.000000131. The third-order valence-corrected chi connectivity index (χ3v) is 9.31. The van der Waals surface area contributed by atoms with E-state index in [9.17, 15) is 0 Å². The van der Waals surface area contributed by atoms with Crippen molar-refractivity contribution in [3.63, 3.8) is 0 Å². The van der Waals surface area contributed by atoms with E-state index >= 15 is 0 Å². The lowest BCUT2D eigenvalue weighted by Crippen LogP contribution is -1.88. The van der Waals surface area contributed by atoms with Gasteiger partial charge in [0.05, 0.1) is 39.3 Å². The molecule has 0 unspecified atom stereocenters. The van der Waals surface area contributed by atoms with Crippen molar-refractivity contribution < 1.29 is 0 Å². The Morgan fingerprint density at radius 3 is 1.60 bits per heavy atom. The number of allylic oxidation sites excluding steroid dienone is 4. The summed E-state index contributed by atoms with van der Waals surface area (Å²) in [5.74, 6) is 0. The number of para-hydroxylation sites is 3. The molecule has 0 aliphatic heterocycles. The van der Waals surface area contributed by atoms with Crippen LogP contribution in [0.25, 0.3) is 43.9 Å². The first-order valence-corrected chi connectivity index (χ1v) is 18.2. The van der Waals surface area contributed by atoms with E-state index in [4.69, 9.17) is 0 Å². The molecular weight excluding hydrogens is 647 g/mol. The van der Waals surface area contributed by atoms with Gasteiger partial charge in [0.2, 0.25) is 0 Å². The number of rotatable bonds is 0. The average Bonchev–Trinajstić information content (AvgIpc) is 3.18. The topological polar surface area (TPSA) is 64.5 Å².